The molecule has 0 unspecified atom stereocenters. The molecule has 1 aliphatic rings. The Bertz CT molecular complexity index is 1000. The van der Waals surface area contributed by atoms with Crippen molar-refractivity contribution in [2.75, 3.05) is 37.7 Å². The minimum absolute atomic E-state index is 0.00842. The number of ether oxygens (including phenoxy) is 2. The van der Waals surface area contributed by atoms with Crippen LogP contribution in [0.5, 0.6) is 0 Å². The highest BCUT2D eigenvalue weighted by molar-refractivity contribution is 6.32. The molecule has 8 nitrogen and oxygen atoms in total. The van der Waals surface area contributed by atoms with Gasteiger partial charge in [-0.25, -0.2) is 9.78 Å². The van der Waals surface area contributed by atoms with E-state index in [1.807, 2.05) is 20.8 Å². The lowest BCUT2D eigenvalue weighted by molar-refractivity contribution is -0.127. The minimum Gasteiger partial charge on any atom is -0.455 e. The number of benzene rings is 1. The van der Waals surface area contributed by atoms with Crippen molar-refractivity contribution in [3.63, 3.8) is 0 Å². The van der Waals surface area contributed by atoms with Gasteiger partial charge in [0.15, 0.2) is 6.61 Å². The zero-order valence-electron chi connectivity index (χ0n) is 17.1. The highest BCUT2D eigenvalue weighted by Gasteiger charge is 2.26. The van der Waals surface area contributed by atoms with Crippen LogP contribution in [0.2, 0.25) is 5.02 Å². The molecule has 2 aromatic rings. The van der Waals surface area contributed by atoms with Crippen molar-refractivity contribution in [2.24, 2.45) is 0 Å². The van der Waals surface area contributed by atoms with Gasteiger partial charge in [0.05, 0.1) is 22.3 Å². The Hall–Kier alpha value is -3.05. The first kappa shape index (κ1) is 21.7. The standard InChI is InChI=1S/C21H23ClN4O4/c1-21(2,3)30-20(28)26-8-6-25(7-9-26)19-13-23-17-12-16(22)15(11-18(17)24-19)5-4-10-29-14-27/h11-14H,6-10H2,1-3H3. The predicted octanol–water partition coefficient (Wildman–Crippen LogP) is 2.86. The van der Waals surface area contributed by atoms with E-state index in [9.17, 15) is 9.59 Å². The van der Waals surface area contributed by atoms with Gasteiger partial charge in [0.25, 0.3) is 6.47 Å². The molecule has 2 heterocycles. The summed E-state index contributed by atoms with van der Waals surface area (Å²) < 4.78 is 10.00. The topological polar surface area (TPSA) is 84.9 Å². The van der Waals surface area contributed by atoms with E-state index in [-0.39, 0.29) is 12.7 Å². The number of fused-ring (bicyclic) bond motifs is 1. The Labute approximate surface area is 180 Å². The van der Waals surface area contributed by atoms with E-state index in [1.54, 1.807) is 23.2 Å². The number of nitrogens with zero attached hydrogens (tertiary/aromatic N) is 4. The van der Waals surface area contributed by atoms with Crippen LogP contribution in [-0.2, 0) is 14.3 Å². The number of carbonyl (C=O) groups is 2. The maximum absolute atomic E-state index is 12.2. The lowest BCUT2D eigenvalue weighted by Crippen LogP contribution is -2.50. The van der Waals surface area contributed by atoms with Crippen molar-refractivity contribution < 1.29 is 19.1 Å². The van der Waals surface area contributed by atoms with Gasteiger partial charge in [-0.1, -0.05) is 23.4 Å². The third kappa shape index (κ3) is 5.51. The lowest BCUT2D eigenvalue weighted by atomic mass is 10.2. The molecule has 0 radical (unpaired) electrons. The second-order valence-corrected chi connectivity index (χ2v) is 8.12. The number of anilines is 1. The number of carbonyl (C=O) groups excluding carboxylic acids is 2. The number of rotatable bonds is 3. The maximum Gasteiger partial charge on any atom is 0.410 e. The minimum atomic E-state index is -0.515. The summed E-state index contributed by atoms with van der Waals surface area (Å²) in [7, 11) is 0. The molecule has 0 spiro atoms. The van der Waals surface area contributed by atoms with Crippen molar-refractivity contribution in [3.05, 3.63) is 28.9 Å². The van der Waals surface area contributed by atoms with E-state index < -0.39 is 5.60 Å². The van der Waals surface area contributed by atoms with Gasteiger partial charge in [-0.05, 0) is 32.9 Å². The molecule has 1 saturated heterocycles. The first-order chi connectivity index (χ1) is 14.3. The highest BCUT2D eigenvalue weighted by Crippen LogP contribution is 2.24. The van der Waals surface area contributed by atoms with Crippen LogP contribution in [0, 0.1) is 11.8 Å². The van der Waals surface area contributed by atoms with E-state index in [1.165, 1.54) is 0 Å². The average Bonchev–Trinajstić information content (AvgIpc) is 2.70. The SMILES string of the molecule is CC(C)(C)OC(=O)N1CCN(c2cnc3cc(Cl)c(C#CCOC=O)cc3n2)CC1. The summed E-state index contributed by atoms with van der Waals surface area (Å²) in [6, 6.07) is 3.47. The summed E-state index contributed by atoms with van der Waals surface area (Å²) in [4.78, 5) is 35.3. The van der Waals surface area contributed by atoms with E-state index >= 15 is 0 Å². The first-order valence-corrected chi connectivity index (χ1v) is 9.88. The second-order valence-electron chi connectivity index (χ2n) is 7.71. The van der Waals surface area contributed by atoms with Gasteiger partial charge < -0.3 is 19.3 Å². The molecule has 0 aliphatic carbocycles. The molecule has 0 saturated carbocycles. The van der Waals surface area contributed by atoms with E-state index in [4.69, 9.17) is 16.3 Å². The van der Waals surface area contributed by atoms with Crippen molar-refractivity contribution in [3.8, 4) is 11.8 Å². The van der Waals surface area contributed by atoms with Crippen LogP contribution in [-0.4, -0.2) is 65.8 Å². The molecule has 1 fully saturated rings. The summed E-state index contributed by atoms with van der Waals surface area (Å²) in [6.45, 7) is 8.24. The van der Waals surface area contributed by atoms with Crippen LogP contribution in [0.3, 0.4) is 0 Å². The molecular formula is C21H23ClN4O4. The van der Waals surface area contributed by atoms with Gasteiger partial charge in [0.1, 0.15) is 11.4 Å². The van der Waals surface area contributed by atoms with Crippen LogP contribution in [0.1, 0.15) is 26.3 Å². The van der Waals surface area contributed by atoms with Gasteiger partial charge in [-0.15, -0.1) is 0 Å². The normalized spacial score (nSPS) is 14.1. The fourth-order valence-corrected chi connectivity index (χ4v) is 3.13. The van der Waals surface area contributed by atoms with Gasteiger partial charge in [0, 0.05) is 31.7 Å². The lowest BCUT2D eigenvalue weighted by Gasteiger charge is -2.36. The smallest absolute Gasteiger partial charge is 0.410 e. The van der Waals surface area contributed by atoms with Crippen molar-refractivity contribution in [1.29, 1.82) is 0 Å². The Kier molecular flexibility index (Phi) is 6.63. The van der Waals surface area contributed by atoms with Crippen LogP contribution >= 0.6 is 11.6 Å². The Balaban J connectivity index is 1.72. The average molecular weight is 431 g/mol. The van der Waals surface area contributed by atoms with Gasteiger partial charge in [-0.2, -0.15) is 0 Å². The zero-order valence-corrected chi connectivity index (χ0v) is 17.9. The summed E-state index contributed by atoms with van der Waals surface area (Å²) in [6.07, 6.45) is 1.40. The molecule has 0 bridgehead atoms. The molecule has 0 atom stereocenters. The molecule has 3 rings (SSSR count). The monoisotopic (exact) mass is 430 g/mol. The zero-order chi connectivity index (χ0) is 21.7. The summed E-state index contributed by atoms with van der Waals surface area (Å²) in [5.41, 5.74) is 1.39. The number of piperazine rings is 1. The molecule has 1 aromatic carbocycles. The Morgan fingerprint density at radius 1 is 1.23 bits per heavy atom. The summed E-state index contributed by atoms with van der Waals surface area (Å²) in [5.74, 6) is 6.31. The molecule has 0 N–H and O–H groups in total. The van der Waals surface area contributed by atoms with Crippen LogP contribution in [0.15, 0.2) is 18.3 Å². The fourth-order valence-electron chi connectivity index (χ4n) is 2.92. The van der Waals surface area contributed by atoms with Crippen LogP contribution in [0.4, 0.5) is 10.6 Å². The molecule has 30 heavy (non-hydrogen) atoms. The van der Waals surface area contributed by atoms with Crippen LogP contribution in [0.25, 0.3) is 11.0 Å². The molecule has 1 aliphatic heterocycles. The highest BCUT2D eigenvalue weighted by atomic mass is 35.5. The largest absolute Gasteiger partial charge is 0.455 e. The van der Waals surface area contributed by atoms with Gasteiger partial charge in [-0.3, -0.25) is 9.78 Å². The molecular weight excluding hydrogens is 408 g/mol. The van der Waals surface area contributed by atoms with Gasteiger partial charge >= 0.3 is 6.09 Å². The van der Waals surface area contributed by atoms with Crippen molar-refractivity contribution >= 4 is 41.0 Å². The van der Waals surface area contributed by atoms with Crippen molar-refractivity contribution in [2.45, 2.75) is 26.4 Å². The molecule has 158 valence electrons. The van der Waals surface area contributed by atoms with Gasteiger partial charge in [0.2, 0.25) is 0 Å². The van der Waals surface area contributed by atoms with E-state index in [0.717, 1.165) is 5.82 Å². The summed E-state index contributed by atoms with van der Waals surface area (Å²) >= 11 is 6.26. The van der Waals surface area contributed by atoms with Crippen LogP contribution < -0.4 is 4.90 Å². The third-order valence-corrected chi connectivity index (χ3v) is 4.63. The number of hydrogen-bond donors (Lipinski definition) is 0. The predicted molar refractivity (Wildman–Crippen MR) is 113 cm³/mol. The molecule has 9 heteroatoms. The quantitative estimate of drug-likeness (QED) is 0.420. The second kappa shape index (κ2) is 9.18. The number of hydrogen-bond acceptors (Lipinski definition) is 7. The number of aromatic nitrogens is 2. The third-order valence-electron chi connectivity index (χ3n) is 4.32. The van der Waals surface area contributed by atoms with E-state index in [0.29, 0.717) is 54.3 Å². The first-order valence-electron chi connectivity index (χ1n) is 9.50. The summed E-state index contributed by atoms with van der Waals surface area (Å²) in [5, 5.41) is 0.453. The Morgan fingerprint density at radius 2 is 1.97 bits per heavy atom. The number of halogens is 1. The van der Waals surface area contributed by atoms with E-state index in [2.05, 4.69) is 31.4 Å². The van der Waals surface area contributed by atoms with Crippen molar-refractivity contribution in [1.82, 2.24) is 14.9 Å². The molecule has 1 aromatic heterocycles. The fraction of sp³-hybridized carbons (Fsp3) is 0.429. The maximum atomic E-state index is 12.2. The molecule has 1 amide bonds. The Morgan fingerprint density at radius 3 is 2.63 bits per heavy atom. The number of amides is 1.